The Labute approximate surface area is 168 Å². The van der Waals surface area contributed by atoms with E-state index in [2.05, 4.69) is 20.4 Å². The van der Waals surface area contributed by atoms with E-state index in [0.717, 1.165) is 43.9 Å². The average Bonchev–Trinajstić information content (AvgIpc) is 3.24. The van der Waals surface area contributed by atoms with Crippen LogP contribution in [0.3, 0.4) is 0 Å². The van der Waals surface area contributed by atoms with Crippen LogP contribution in [0.4, 0.5) is 4.39 Å². The van der Waals surface area contributed by atoms with Crippen molar-refractivity contribution in [3.63, 3.8) is 0 Å². The number of amides is 1. The van der Waals surface area contributed by atoms with Gasteiger partial charge in [0.05, 0.1) is 11.4 Å². The topological polar surface area (TPSA) is 71.3 Å². The molecule has 0 spiro atoms. The summed E-state index contributed by atoms with van der Waals surface area (Å²) in [5, 5.41) is 6.88. The molecule has 7 heteroatoms. The Hall–Kier alpha value is -3.06. The number of carbonyl (C=O) groups is 1. The molecule has 1 aliphatic rings. The number of likely N-dealkylation sites (tertiary alicyclic amines) is 1. The molecule has 1 unspecified atom stereocenters. The van der Waals surface area contributed by atoms with Crippen molar-refractivity contribution in [1.29, 1.82) is 0 Å². The summed E-state index contributed by atoms with van der Waals surface area (Å²) in [6.07, 6.45) is 3.88. The van der Waals surface area contributed by atoms with Gasteiger partial charge in [-0.15, -0.1) is 0 Å². The molecule has 1 N–H and O–H groups in total. The van der Waals surface area contributed by atoms with Crippen LogP contribution in [-0.4, -0.2) is 34.0 Å². The molecule has 1 fully saturated rings. The lowest BCUT2D eigenvalue weighted by Crippen LogP contribution is -2.34. The molecular formula is C22H23FN4O2. The van der Waals surface area contributed by atoms with E-state index in [-0.39, 0.29) is 29.9 Å². The summed E-state index contributed by atoms with van der Waals surface area (Å²) in [5.41, 5.74) is 2.54. The molecule has 6 nitrogen and oxygen atoms in total. The summed E-state index contributed by atoms with van der Waals surface area (Å²) in [6, 6.07) is 13.8. The first-order valence-electron chi connectivity index (χ1n) is 9.79. The predicted molar refractivity (Wildman–Crippen MR) is 106 cm³/mol. The second kappa shape index (κ2) is 8.96. The second-order valence-electron chi connectivity index (χ2n) is 7.32. The Morgan fingerprint density at radius 1 is 1.24 bits per heavy atom. The van der Waals surface area contributed by atoms with E-state index < -0.39 is 0 Å². The highest BCUT2D eigenvalue weighted by Crippen LogP contribution is 2.27. The molecule has 0 aliphatic carbocycles. The maximum absolute atomic E-state index is 13.2. The van der Waals surface area contributed by atoms with Gasteiger partial charge < -0.3 is 9.84 Å². The highest BCUT2D eigenvalue weighted by molar-refractivity contribution is 5.91. The van der Waals surface area contributed by atoms with Crippen LogP contribution in [0.1, 0.15) is 46.3 Å². The van der Waals surface area contributed by atoms with Crippen LogP contribution < -0.4 is 5.32 Å². The number of hydrogen-bond donors (Lipinski definition) is 1. The number of piperidine rings is 1. The van der Waals surface area contributed by atoms with Crippen molar-refractivity contribution >= 4 is 5.91 Å². The number of nitrogens with one attached hydrogen (secondary N) is 1. The van der Waals surface area contributed by atoms with Gasteiger partial charge in [-0.3, -0.25) is 14.7 Å². The fraction of sp³-hybridized carbons (Fsp3) is 0.318. The number of nitrogens with zero attached hydrogens (tertiary/aromatic N) is 3. The molecule has 1 aromatic carbocycles. The van der Waals surface area contributed by atoms with Gasteiger partial charge >= 0.3 is 0 Å². The molecule has 29 heavy (non-hydrogen) atoms. The summed E-state index contributed by atoms with van der Waals surface area (Å²) in [6.45, 7) is 2.91. The zero-order chi connectivity index (χ0) is 20.1. The quantitative estimate of drug-likeness (QED) is 0.693. The first kappa shape index (κ1) is 19.3. The third-order valence-electron chi connectivity index (χ3n) is 5.13. The molecule has 1 saturated heterocycles. The van der Waals surface area contributed by atoms with E-state index in [4.69, 9.17) is 4.52 Å². The van der Waals surface area contributed by atoms with Crippen LogP contribution >= 0.6 is 0 Å². The third kappa shape index (κ3) is 5.06. The number of benzene rings is 1. The van der Waals surface area contributed by atoms with Crippen LogP contribution in [0.15, 0.2) is 59.3 Å². The molecule has 3 aromatic rings. The lowest BCUT2D eigenvalue weighted by molar-refractivity contribution is 0.0913. The lowest BCUT2D eigenvalue weighted by atomic mass is 9.94. The molecule has 0 saturated carbocycles. The Balaban J connectivity index is 1.34. The Bertz CT molecular complexity index is 960. The molecular weight excluding hydrogens is 371 g/mol. The SMILES string of the molecule is O=C(NCc1cccc(F)c1)c1cc(C2CCCN(Cc3ccccn3)C2)no1. The molecule has 0 bridgehead atoms. The van der Waals surface area contributed by atoms with Crippen molar-refractivity contribution in [3.05, 3.63) is 83.3 Å². The summed E-state index contributed by atoms with van der Waals surface area (Å²) in [7, 11) is 0. The third-order valence-corrected chi connectivity index (χ3v) is 5.13. The Morgan fingerprint density at radius 3 is 3.00 bits per heavy atom. The minimum atomic E-state index is -0.353. The fourth-order valence-electron chi connectivity index (χ4n) is 3.67. The first-order chi connectivity index (χ1) is 14.2. The monoisotopic (exact) mass is 394 g/mol. The zero-order valence-electron chi connectivity index (χ0n) is 16.1. The smallest absolute Gasteiger partial charge is 0.290 e. The van der Waals surface area contributed by atoms with E-state index in [1.165, 1.54) is 12.1 Å². The van der Waals surface area contributed by atoms with Gasteiger partial charge in [-0.1, -0.05) is 23.4 Å². The number of rotatable bonds is 6. The summed E-state index contributed by atoms with van der Waals surface area (Å²) < 4.78 is 18.5. The van der Waals surface area contributed by atoms with Gasteiger partial charge in [-0.05, 0) is 49.2 Å². The first-order valence-corrected chi connectivity index (χ1v) is 9.79. The van der Waals surface area contributed by atoms with Crippen LogP contribution in [0.25, 0.3) is 0 Å². The molecule has 4 rings (SSSR count). The Kier molecular flexibility index (Phi) is 5.95. The molecule has 1 amide bonds. The van der Waals surface area contributed by atoms with E-state index in [1.807, 2.05) is 24.4 Å². The maximum atomic E-state index is 13.2. The highest BCUT2D eigenvalue weighted by atomic mass is 19.1. The normalized spacial score (nSPS) is 17.2. The van der Waals surface area contributed by atoms with E-state index in [0.29, 0.717) is 5.56 Å². The van der Waals surface area contributed by atoms with Crippen LogP contribution in [0.2, 0.25) is 0 Å². The summed E-state index contributed by atoms with van der Waals surface area (Å²) in [4.78, 5) is 19.1. The van der Waals surface area contributed by atoms with Crippen molar-refractivity contribution < 1.29 is 13.7 Å². The van der Waals surface area contributed by atoms with Crippen LogP contribution in [0, 0.1) is 5.82 Å². The van der Waals surface area contributed by atoms with Gasteiger partial charge in [0.25, 0.3) is 5.91 Å². The van der Waals surface area contributed by atoms with E-state index in [1.54, 1.807) is 18.2 Å². The van der Waals surface area contributed by atoms with E-state index in [9.17, 15) is 9.18 Å². The predicted octanol–water partition coefficient (Wildman–Crippen LogP) is 3.52. The number of hydrogen-bond acceptors (Lipinski definition) is 5. The largest absolute Gasteiger partial charge is 0.351 e. The van der Waals surface area contributed by atoms with Gasteiger partial charge in [0.2, 0.25) is 5.76 Å². The minimum absolute atomic E-state index is 0.179. The maximum Gasteiger partial charge on any atom is 0.290 e. The lowest BCUT2D eigenvalue weighted by Gasteiger charge is -2.31. The van der Waals surface area contributed by atoms with Gasteiger partial charge in [-0.2, -0.15) is 0 Å². The molecule has 150 valence electrons. The highest BCUT2D eigenvalue weighted by Gasteiger charge is 2.25. The van der Waals surface area contributed by atoms with Crippen molar-refractivity contribution in [3.8, 4) is 0 Å². The molecule has 1 aliphatic heterocycles. The van der Waals surface area contributed by atoms with Gasteiger partial charge in [0.1, 0.15) is 5.82 Å². The molecule has 2 aromatic heterocycles. The summed E-state index contributed by atoms with van der Waals surface area (Å²) in [5.74, 6) is -0.278. The summed E-state index contributed by atoms with van der Waals surface area (Å²) >= 11 is 0. The molecule has 1 atom stereocenters. The minimum Gasteiger partial charge on any atom is -0.351 e. The molecule has 3 heterocycles. The zero-order valence-corrected chi connectivity index (χ0v) is 16.1. The van der Waals surface area contributed by atoms with E-state index >= 15 is 0 Å². The van der Waals surface area contributed by atoms with Crippen molar-refractivity contribution in [1.82, 2.24) is 20.4 Å². The number of halogens is 1. The number of aromatic nitrogens is 2. The molecule has 0 radical (unpaired) electrons. The fourth-order valence-corrected chi connectivity index (χ4v) is 3.67. The second-order valence-corrected chi connectivity index (χ2v) is 7.32. The van der Waals surface area contributed by atoms with Crippen molar-refractivity contribution in [2.45, 2.75) is 31.8 Å². The van der Waals surface area contributed by atoms with Gasteiger partial charge in [0, 0.05) is 37.8 Å². The van der Waals surface area contributed by atoms with Crippen molar-refractivity contribution in [2.75, 3.05) is 13.1 Å². The number of pyridine rings is 1. The van der Waals surface area contributed by atoms with Crippen LogP contribution in [0.5, 0.6) is 0 Å². The van der Waals surface area contributed by atoms with Crippen molar-refractivity contribution in [2.24, 2.45) is 0 Å². The van der Waals surface area contributed by atoms with Gasteiger partial charge in [-0.25, -0.2) is 4.39 Å². The standard InChI is InChI=1S/C22H23FN4O2/c23-18-7-3-5-16(11-18)13-25-22(28)21-12-20(26-29-21)17-6-4-10-27(14-17)15-19-8-1-2-9-24-19/h1-3,5,7-9,11-12,17H,4,6,10,13-15H2,(H,25,28). The number of carbonyl (C=O) groups excluding carboxylic acids is 1. The average molecular weight is 394 g/mol. The van der Waals surface area contributed by atoms with Crippen LogP contribution in [-0.2, 0) is 13.1 Å². The van der Waals surface area contributed by atoms with Gasteiger partial charge in [0.15, 0.2) is 0 Å². The Morgan fingerprint density at radius 2 is 2.17 bits per heavy atom.